The number of aromatic hydroxyl groups is 1. The van der Waals surface area contributed by atoms with Gasteiger partial charge in [-0.2, -0.15) is 0 Å². The van der Waals surface area contributed by atoms with Crippen LogP contribution in [0.25, 0.3) is 0 Å². The molecular formula is C18H22O3. The molecule has 0 aromatic heterocycles. The average Bonchev–Trinajstić information content (AvgIpc) is 2.74. The lowest BCUT2D eigenvalue weighted by molar-refractivity contribution is -0.133. The summed E-state index contributed by atoms with van der Waals surface area (Å²) < 4.78 is 0. The SMILES string of the molecule is C[C@]12C[C@H](O)[C@@H]3c4ccc(O)cc4CC[C@@H]3[C@H]1CCC2=O. The van der Waals surface area contributed by atoms with Crippen molar-refractivity contribution in [3.8, 4) is 5.75 Å². The maximum absolute atomic E-state index is 12.3. The van der Waals surface area contributed by atoms with Gasteiger partial charge in [0.15, 0.2) is 0 Å². The Hall–Kier alpha value is -1.35. The fourth-order valence-electron chi connectivity index (χ4n) is 5.42. The van der Waals surface area contributed by atoms with Crippen molar-refractivity contribution < 1.29 is 15.0 Å². The smallest absolute Gasteiger partial charge is 0.139 e. The van der Waals surface area contributed by atoms with Crippen molar-refractivity contribution >= 4 is 5.78 Å². The van der Waals surface area contributed by atoms with E-state index in [0.717, 1.165) is 19.3 Å². The number of phenolic OH excluding ortho intramolecular Hbond substituents is 1. The minimum atomic E-state index is -0.443. The van der Waals surface area contributed by atoms with Gasteiger partial charge >= 0.3 is 0 Å². The van der Waals surface area contributed by atoms with Gasteiger partial charge in [-0.3, -0.25) is 4.79 Å². The molecule has 1 aromatic rings. The fraction of sp³-hybridized carbons (Fsp3) is 0.611. The first-order valence-corrected chi connectivity index (χ1v) is 8.04. The van der Waals surface area contributed by atoms with Crippen LogP contribution < -0.4 is 0 Å². The van der Waals surface area contributed by atoms with E-state index in [4.69, 9.17) is 0 Å². The van der Waals surface area contributed by atoms with E-state index in [1.165, 1.54) is 11.1 Å². The number of Topliss-reactive ketones (excluding diaryl/α,β-unsaturated/α-hetero) is 1. The highest BCUT2D eigenvalue weighted by molar-refractivity contribution is 5.87. The third-order valence-electron chi connectivity index (χ3n) is 6.40. The second-order valence-electron chi connectivity index (χ2n) is 7.37. The van der Waals surface area contributed by atoms with E-state index in [1.54, 1.807) is 6.07 Å². The monoisotopic (exact) mass is 286 g/mol. The van der Waals surface area contributed by atoms with Gasteiger partial charge in [0, 0.05) is 17.8 Å². The minimum absolute atomic E-state index is 0.137. The number of phenols is 1. The van der Waals surface area contributed by atoms with Gasteiger partial charge in [0.2, 0.25) is 0 Å². The van der Waals surface area contributed by atoms with Crippen molar-refractivity contribution in [3.05, 3.63) is 29.3 Å². The molecule has 0 bridgehead atoms. The predicted octanol–water partition coefficient (Wildman–Crippen LogP) is 2.79. The molecule has 3 aliphatic rings. The minimum Gasteiger partial charge on any atom is -0.508 e. The summed E-state index contributed by atoms with van der Waals surface area (Å²) in [7, 11) is 0. The number of ketones is 1. The molecule has 1 aromatic carbocycles. The third kappa shape index (κ3) is 1.73. The molecular weight excluding hydrogens is 264 g/mol. The zero-order valence-corrected chi connectivity index (χ0v) is 12.4. The van der Waals surface area contributed by atoms with Crippen molar-refractivity contribution in [3.63, 3.8) is 0 Å². The molecule has 3 aliphatic carbocycles. The first-order valence-electron chi connectivity index (χ1n) is 8.04. The van der Waals surface area contributed by atoms with Gasteiger partial charge in [0.05, 0.1) is 6.10 Å². The molecule has 0 radical (unpaired) electrons. The second-order valence-corrected chi connectivity index (χ2v) is 7.37. The molecule has 4 rings (SSSR count). The van der Waals surface area contributed by atoms with Crippen molar-refractivity contribution in [2.75, 3.05) is 0 Å². The number of aliphatic hydroxyl groups excluding tert-OH is 1. The maximum atomic E-state index is 12.3. The summed E-state index contributed by atoms with van der Waals surface area (Å²) in [5.74, 6) is 1.61. The van der Waals surface area contributed by atoms with Crippen LogP contribution in [0.15, 0.2) is 18.2 Å². The molecule has 3 nitrogen and oxygen atoms in total. The molecule has 3 heteroatoms. The number of carbonyl (C=O) groups is 1. The number of rotatable bonds is 0. The maximum Gasteiger partial charge on any atom is 0.139 e. The Kier molecular flexibility index (Phi) is 2.74. The van der Waals surface area contributed by atoms with E-state index in [2.05, 4.69) is 6.92 Å². The standard InChI is InChI=1S/C18H22O3/c1-18-9-15(20)17-12-5-3-11(19)8-10(12)2-4-13(17)14(18)6-7-16(18)21/h3,5,8,13-15,17,19-20H,2,4,6-7,9H2,1H3/t13-,14-,15+,17-,18+/m1/s1. The third-order valence-corrected chi connectivity index (χ3v) is 6.40. The molecule has 5 atom stereocenters. The lowest BCUT2D eigenvalue weighted by Gasteiger charge is -2.50. The largest absolute Gasteiger partial charge is 0.508 e. The predicted molar refractivity (Wildman–Crippen MR) is 79.1 cm³/mol. The summed E-state index contributed by atoms with van der Waals surface area (Å²) in [5.41, 5.74) is 2.05. The van der Waals surface area contributed by atoms with Crippen molar-refractivity contribution in [2.24, 2.45) is 17.3 Å². The summed E-state index contributed by atoms with van der Waals surface area (Å²) in [4.78, 5) is 12.3. The number of benzene rings is 1. The van der Waals surface area contributed by atoms with Crippen LogP contribution in [0.1, 0.15) is 49.7 Å². The number of aryl methyl sites for hydroxylation is 1. The molecule has 0 aliphatic heterocycles. The van der Waals surface area contributed by atoms with E-state index in [9.17, 15) is 15.0 Å². The summed E-state index contributed by atoms with van der Waals surface area (Å²) in [6.07, 6.45) is 3.78. The number of fused-ring (bicyclic) bond motifs is 5. The van der Waals surface area contributed by atoms with E-state index in [1.807, 2.05) is 12.1 Å². The van der Waals surface area contributed by atoms with Crippen molar-refractivity contribution in [1.29, 1.82) is 0 Å². The number of aliphatic hydroxyl groups is 1. The molecule has 21 heavy (non-hydrogen) atoms. The number of hydrogen-bond donors (Lipinski definition) is 2. The molecule has 112 valence electrons. The molecule has 0 unspecified atom stereocenters. The Morgan fingerprint density at radius 1 is 1.24 bits per heavy atom. The molecule has 0 heterocycles. The highest BCUT2D eigenvalue weighted by atomic mass is 16.3. The Balaban J connectivity index is 1.78. The lowest BCUT2D eigenvalue weighted by Crippen LogP contribution is -2.48. The summed E-state index contributed by atoms with van der Waals surface area (Å²) >= 11 is 0. The van der Waals surface area contributed by atoms with Gasteiger partial charge in [0.25, 0.3) is 0 Å². The Morgan fingerprint density at radius 3 is 2.86 bits per heavy atom. The zero-order valence-electron chi connectivity index (χ0n) is 12.4. The Bertz CT molecular complexity index is 608. The lowest BCUT2D eigenvalue weighted by atomic mass is 9.54. The molecule has 0 spiro atoms. The fourth-order valence-corrected chi connectivity index (χ4v) is 5.42. The molecule has 0 amide bonds. The highest BCUT2D eigenvalue weighted by Gasteiger charge is 2.57. The van der Waals surface area contributed by atoms with Crippen LogP contribution in [0.4, 0.5) is 0 Å². The van der Waals surface area contributed by atoms with Crippen LogP contribution in [0.2, 0.25) is 0 Å². The summed E-state index contributed by atoms with van der Waals surface area (Å²) in [5, 5.41) is 20.4. The first-order chi connectivity index (χ1) is 10.0. The van der Waals surface area contributed by atoms with E-state index in [-0.39, 0.29) is 11.3 Å². The van der Waals surface area contributed by atoms with E-state index in [0.29, 0.717) is 36.2 Å². The second kappa shape index (κ2) is 4.33. The number of carbonyl (C=O) groups excluding carboxylic acids is 1. The van der Waals surface area contributed by atoms with Gasteiger partial charge in [-0.05, 0) is 60.8 Å². The van der Waals surface area contributed by atoms with E-state index >= 15 is 0 Å². The van der Waals surface area contributed by atoms with Gasteiger partial charge in [-0.15, -0.1) is 0 Å². The molecule has 2 N–H and O–H groups in total. The summed E-state index contributed by atoms with van der Waals surface area (Å²) in [6.45, 7) is 2.07. The van der Waals surface area contributed by atoms with Crippen LogP contribution in [0.3, 0.4) is 0 Å². The Morgan fingerprint density at radius 2 is 2.05 bits per heavy atom. The van der Waals surface area contributed by atoms with Gasteiger partial charge < -0.3 is 10.2 Å². The molecule has 2 fully saturated rings. The van der Waals surface area contributed by atoms with Crippen LogP contribution in [0.5, 0.6) is 5.75 Å². The van der Waals surface area contributed by atoms with E-state index < -0.39 is 6.10 Å². The van der Waals surface area contributed by atoms with Crippen molar-refractivity contribution in [1.82, 2.24) is 0 Å². The highest BCUT2D eigenvalue weighted by Crippen LogP contribution is 2.59. The topological polar surface area (TPSA) is 57.5 Å². The average molecular weight is 286 g/mol. The number of hydrogen-bond acceptors (Lipinski definition) is 3. The van der Waals surface area contributed by atoms with Crippen LogP contribution in [0, 0.1) is 17.3 Å². The zero-order chi connectivity index (χ0) is 14.8. The van der Waals surface area contributed by atoms with Gasteiger partial charge in [-0.1, -0.05) is 13.0 Å². The molecule has 2 saturated carbocycles. The van der Waals surface area contributed by atoms with Gasteiger partial charge in [0.1, 0.15) is 11.5 Å². The quantitative estimate of drug-likeness (QED) is 0.771. The Labute approximate surface area is 125 Å². The van der Waals surface area contributed by atoms with Gasteiger partial charge in [-0.25, -0.2) is 0 Å². The molecule has 0 saturated heterocycles. The summed E-state index contributed by atoms with van der Waals surface area (Å²) in [6, 6.07) is 5.54. The normalized spacial score (nSPS) is 41.3. The van der Waals surface area contributed by atoms with Crippen LogP contribution in [-0.2, 0) is 11.2 Å². The van der Waals surface area contributed by atoms with Crippen LogP contribution >= 0.6 is 0 Å². The van der Waals surface area contributed by atoms with Crippen molar-refractivity contribution in [2.45, 2.75) is 51.0 Å². The first kappa shape index (κ1) is 13.3. The van der Waals surface area contributed by atoms with Crippen LogP contribution in [-0.4, -0.2) is 22.1 Å².